The highest BCUT2D eigenvalue weighted by Crippen LogP contribution is 2.11. The molecule has 1 N–H and O–H groups in total. The van der Waals surface area contributed by atoms with Crippen LogP contribution in [0.2, 0.25) is 0 Å². The van der Waals surface area contributed by atoms with Crippen molar-refractivity contribution in [1.29, 1.82) is 5.26 Å². The fraction of sp³-hybridized carbons (Fsp3) is 0.933. The molecule has 3 heteroatoms. The highest BCUT2D eigenvalue weighted by Gasteiger charge is 2.21. The highest BCUT2D eigenvalue weighted by molar-refractivity contribution is 5.03. The number of nitrogens with zero attached hydrogens (tertiary/aromatic N) is 1. The van der Waals surface area contributed by atoms with E-state index in [4.69, 9.17) is 10.00 Å². The lowest BCUT2D eigenvalue weighted by molar-refractivity contribution is 0.0489. The largest absolute Gasteiger partial charge is 0.378 e. The number of unbranched alkanes of at least 4 members (excludes halogenated alkanes) is 3. The van der Waals surface area contributed by atoms with Crippen molar-refractivity contribution in [2.75, 3.05) is 13.2 Å². The van der Waals surface area contributed by atoms with Crippen LogP contribution in [-0.2, 0) is 4.74 Å². The Balaban J connectivity index is 3.66. The highest BCUT2D eigenvalue weighted by atomic mass is 16.5. The first kappa shape index (κ1) is 17.4. The molecule has 106 valence electrons. The van der Waals surface area contributed by atoms with Crippen molar-refractivity contribution in [3.8, 4) is 6.07 Å². The smallest absolute Gasteiger partial charge is 0.106 e. The van der Waals surface area contributed by atoms with E-state index in [1.807, 2.05) is 13.8 Å². The Morgan fingerprint density at radius 2 is 2.00 bits per heavy atom. The van der Waals surface area contributed by atoms with Crippen LogP contribution in [0.3, 0.4) is 0 Å². The summed E-state index contributed by atoms with van der Waals surface area (Å²) in [5.41, 5.74) is -0.448. The van der Waals surface area contributed by atoms with Gasteiger partial charge in [0.15, 0.2) is 0 Å². The van der Waals surface area contributed by atoms with Crippen LogP contribution in [0.4, 0.5) is 0 Å². The quantitative estimate of drug-likeness (QED) is 0.572. The van der Waals surface area contributed by atoms with Gasteiger partial charge in [-0.3, -0.25) is 5.32 Å². The number of hydrogen-bond acceptors (Lipinski definition) is 3. The molecule has 0 aliphatic rings. The van der Waals surface area contributed by atoms with Crippen LogP contribution in [-0.4, -0.2) is 24.8 Å². The van der Waals surface area contributed by atoms with Gasteiger partial charge in [0.1, 0.15) is 5.54 Å². The summed E-state index contributed by atoms with van der Waals surface area (Å²) < 4.78 is 5.77. The van der Waals surface area contributed by atoms with Crippen LogP contribution in [0, 0.1) is 11.3 Å². The first-order valence-corrected chi connectivity index (χ1v) is 7.35. The standard InChI is InChI=1S/C15H30N2O/c1-5-7-8-9-10-14(3)18-12-11-15(4,13-16)17-6-2/h14,17H,5-12H2,1-4H3. The molecule has 0 spiro atoms. The minimum absolute atomic E-state index is 0.312. The molecule has 0 radical (unpaired) electrons. The van der Waals surface area contributed by atoms with Gasteiger partial charge in [-0.25, -0.2) is 0 Å². The monoisotopic (exact) mass is 254 g/mol. The number of rotatable bonds is 11. The molecule has 0 fully saturated rings. The van der Waals surface area contributed by atoms with E-state index in [9.17, 15) is 0 Å². The van der Waals surface area contributed by atoms with E-state index in [0.717, 1.165) is 19.4 Å². The van der Waals surface area contributed by atoms with Gasteiger partial charge in [-0.2, -0.15) is 5.26 Å². The molecule has 18 heavy (non-hydrogen) atoms. The van der Waals surface area contributed by atoms with Crippen LogP contribution >= 0.6 is 0 Å². The summed E-state index contributed by atoms with van der Waals surface area (Å²) in [4.78, 5) is 0. The van der Waals surface area contributed by atoms with Gasteiger partial charge in [0.25, 0.3) is 0 Å². The van der Waals surface area contributed by atoms with Gasteiger partial charge in [0.2, 0.25) is 0 Å². The van der Waals surface area contributed by atoms with Gasteiger partial charge in [0, 0.05) is 13.0 Å². The molecule has 0 heterocycles. The molecule has 0 aliphatic carbocycles. The molecule has 2 unspecified atom stereocenters. The fourth-order valence-corrected chi connectivity index (χ4v) is 1.98. The molecule has 3 nitrogen and oxygen atoms in total. The summed E-state index contributed by atoms with van der Waals surface area (Å²) in [5.74, 6) is 0. The second-order valence-corrected chi connectivity index (χ2v) is 5.25. The number of hydrogen-bond donors (Lipinski definition) is 1. The molecule has 0 rings (SSSR count). The summed E-state index contributed by atoms with van der Waals surface area (Å²) >= 11 is 0. The van der Waals surface area contributed by atoms with Crippen molar-refractivity contribution < 1.29 is 4.74 Å². The van der Waals surface area contributed by atoms with Crippen molar-refractivity contribution in [2.45, 2.75) is 77.9 Å². The Labute approximate surface area is 113 Å². The third-order valence-electron chi connectivity index (χ3n) is 3.28. The molecule has 0 amide bonds. The maximum absolute atomic E-state index is 9.11. The fourth-order valence-electron chi connectivity index (χ4n) is 1.98. The second-order valence-electron chi connectivity index (χ2n) is 5.25. The van der Waals surface area contributed by atoms with Crippen LogP contribution < -0.4 is 5.32 Å². The maximum atomic E-state index is 9.11. The normalized spacial score (nSPS) is 15.9. The first-order chi connectivity index (χ1) is 8.58. The van der Waals surface area contributed by atoms with E-state index in [0.29, 0.717) is 12.7 Å². The molecule has 0 saturated heterocycles. The van der Waals surface area contributed by atoms with E-state index < -0.39 is 5.54 Å². The van der Waals surface area contributed by atoms with Crippen molar-refractivity contribution in [2.24, 2.45) is 0 Å². The zero-order chi connectivity index (χ0) is 13.9. The molecule has 0 aromatic rings. The molecule has 0 bridgehead atoms. The molecule has 0 aliphatic heterocycles. The number of ether oxygens (including phenoxy) is 1. The molecular formula is C15H30N2O. The average Bonchev–Trinajstić information content (AvgIpc) is 2.35. The Kier molecular flexibility index (Phi) is 10.0. The van der Waals surface area contributed by atoms with E-state index in [1.165, 1.54) is 25.7 Å². The maximum Gasteiger partial charge on any atom is 0.106 e. The van der Waals surface area contributed by atoms with Crippen molar-refractivity contribution in [3.05, 3.63) is 0 Å². The van der Waals surface area contributed by atoms with E-state index >= 15 is 0 Å². The SMILES string of the molecule is CCCCCCC(C)OCCC(C)(C#N)NCC. The minimum Gasteiger partial charge on any atom is -0.378 e. The first-order valence-electron chi connectivity index (χ1n) is 7.35. The molecule has 0 saturated carbocycles. The van der Waals surface area contributed by atoms with Crippen molar-refractivity contribution in [3.63, 3.8) is 0 Å². The summed E-state index contributed by atoms with van der Waals surface area (Å²) in [7, 11) is 0. The third-order valence-corrected chi connectivity index (χ3v) is 3.28. The Bertz CT molecular complexity index is 237. The van der Waals surface area contributed by atoms with Gasteiger partial charge >= 0.3 is 0 Å². The predicted octanol–water partition coefficient (Wildman–Crippen LogP) is 3.64. The van der Waals surface area contributed by atoms with E-state index in [-0.39, 0.29) is 0 Å². The zero-order valence-corrected chi connectivity index (χ0v) is 12.6. The molecular weight excluding hydrogens is 224 g/mol. The molecule has 2 atom stereocenters. The van der Waals surface area contributed by atoms with Crippen LogP contribution in [0.25, 0.3) is 0 Å². The lowest BCUT2D eigenvalue weighted by Gasteiger charge is -2.23. The average molecular weight is 254 g/mol. The van der Waals surface area contributed by atoms with Gasteiger partial charge in [-0.15, -0.1) is 0 Å². The summed E-state index contributed by atoms with van der Waals surface area (Å²) in [5, 5.41) is 12.3. The Morgan fingerprint density at radius 3 is 2.56 bits per heavy atom. The summed E-state index contributed by atoms with van der Waals surface area (Å²) in [6.45, 7) is 9.79. The number of nitriles is 1. The minimum atomic E-state index is -0.448. The predicted molar refractivity (Wildman–Crippen MR) is 76.5 cm³/mol. The topological polar surface area (TPSA) is 45.0 Å². The lowest BCUT2D eigenvalue weighted by Crippen LogP contribution is -2.41. The molecule has 0 aromatic heterocycles. The summed E-state index contributed by atoms with van der Waals surface area (Å²) in [6.07, 6.45) is 7.33. The second kappa shape index (κ2) is 10.3. The van der Waals surface area contributed by atoms with Crippen LogP contribution in [0.15, 0.2) is 0 Å². The van der Waals surface area contributed by atoms with Gasteiger partial charge in [0.05, 0.1) is 12.2 Å². The van der Waals surface area contributed by atoms with Crippen LogP contribution in [0.1, 0.15) is 66.2 Å². The van der Waals surface area contributed by atoms with Crippen molar-refractivity contribution in [1.82, 2.24) is 5.32 Å². The van der Waals surface area contributed by atoms with Crippen LogP contribution in [0.5, 0.6) is 0 Å². The zero-order valence-electron chi connectivity index (χ0n) is 12.6. The lowest BCUT2D eigenvalue weighted by atomic mass is 10.0. The van der Waals surface area contributed by atoms with Crippen molar-refractivity contribution >= 4 is 0 Å². The van der Waals surface area contributed by atoms with E-state index in [1.54, 1.807) is 0 Å². The van der Waals surface area contributed by atoms with Gasteiger partial charge in [-0.1, -0.05) is 39.5 Å². The third kappa shape index (κ3) is 8.49. The van der Waals surface area contributed by atoms with Gasteiger partial charge in [-0.05, 0) is 26.8 Å². The van der Waals surface area contributed by atoms with Gasteiger partial charge < -0.3 is 4.74 Å². The number of nitrogens with one attached hydrogen (secondary N) is 1. The summed E-state index contributed by atoms with van der Waals surface area (Å²) in [6, 6.07) is 2.32. The Hall–Kier alpha value is -0.590. The molecule has 0 aromatic carbocycles. The Morgan fingerprint density at radius 1 is 1.28 bits per heavy atom. The van der Waals surface area contributed by atoms with E-state index in [2.05, 4.69) is 25.2 Å².